The Morgan fingerprint density at radius 3 is 2.82 bits per heavy atom. The van der Waals surface area contributed by atoms with Gasteiger partial charge in [-0.3, -0.25) is 9.48 Å². The Kier molecular flexibility index (Phi) is 4.53. The van der Waals surface area contributed by atoms with Crippen molar-refractivity contribution in [1.29, 1.82) is 0 Å². The van der Waals surface area contributed by atoms with Crippen molar-refractivity contribution in [2.24, 2.45) is 0 Å². The predicted molar refractivity (Wildman–Crippen MR) is 85.5 cm³/mol. The van der Waals surface area contributed by atoms with E-state index in [1.54, 1.807) is 10.9 Å². The Hall–Kier alpha value is -2.14. The van der Waals surface area contributed by atoms with Gasteiger partial charge in [0.25, 0.3) is 0 Å². The van der Waals surface area contributed by atoms with Gasteiger partial charge in [-0.15, -0.1) is 0 Å². The molecule has 116 valence electrons. The van der Waals surface area contributed by atoms with Crippen LogP contribution < -0.4 is 5.32 Å². The third-order valence-corrected chi connectivity index (χ3v) is 4.34. The zero-order chi connectivity index (χ0) is 15.4. The van der Waals surface area contributed by atoms with Gasteiger partial charge in [-0.05, 0) is 38.1 Å². The molecule has 0 bridgehead atoms. The van der Waals surface area contributed by atoms with Gasteiger partial charge in [0, 0.05) is 25.0 Å². The van der Waals surface area contributed by atoms with Gasteiger partial charge < -0.3 is 10.2 Å². The number of likely N-dealkylation sites (N-methyl/N-ethyl adjacent to an activating group) is 1. The van der Waals surface area contributed by atoms with Crippen molar-refractivity contribution in [3.8, 4) is 0 Å². The highest BCUT2D eigenvalue weighted by Crippen LogP contribution is 2.18. The lowest BCUT2D eigenvalue weighted by Gasteiger charge is -2.22. The number of nitrogens with one attached hydrogen (secondary N) is 1. The largest absolute Gasteiger partial charge is 0.352 e. The Morgan fingerprint density at radius 2 is 2.18 bits per heavy atom. The molecule has 2 atom stereocenters. The molecule has 5 heteroatoms. The lowest BCUT2D eigenvalue weighted by Crippen LogP contribution is -2.41. The molecule has 3 rings (SSSR count). The molecular weight excluding hydrogens is 276 g/mol. The van der Waals surface area contributed by atoms with Gasteiger partial charge in [-0.2, -0.15) is 5.10 Å². The summed E-state index contributed by atoms with van der Waals surface area (Å²) in [4.78, 5) is 15.0. The summed E-state index contributed by atoms with van der Waals surface area (Å²) in [5.41, 5.74) is 0.948. The van der Waals surface area contributed by atoms with Crippen molar-refractivity contribution in [3.05, 3.63) is 54.4 Å². The average molecular weight is 298 g/mol. The average Bonchev–Trinajstić information content (AvgIpc) is 3.19. The number of amides is 1. The Bertz CT molecular complexity index is 596. The second-order valence-electron chi connectivity index (χ2n) is 5.82. The molecule has 0 aliphatic carbocycles. The minimum atomic E-state index is -0.414. The van der Waals surface area contributed by atoms with Crippen molar-refractivity contribution in [1.82, 2.24) is 20.0 Å². The second kappa shape index (κ2) is 6.75. The molecule has 2 heterocycles. The molecule has 1 aromatic carbocycles. The van der Waals surface area contributed by atoms with Crippen LogP contribution >= 0.6 is 0 Å². The number of hydrogen-bond acceptors (Lipinski definition) is 3. The summed E-state index contributed by atoms with van der Waals surface area (Å²) in [7, 11) is 2.12. The fourth-order valence-corrected chi connectivity index (χ4v) is 3.05. The number of aromatic nitrogens is 2. The lowest BCUT2D eigenvalue weighted by atomic mass is 10.1. The molecule has 1 N–H and O–H groups in total. The van der Waals surface area contributed by atoms with Gasteiger partial charge in [0.1, 0.15) is 0 Å². The summed E-state index contributed by atoms with van der Waals surface area (Å²) in [6, 6.07) is 11.7. The van der Waals surface area contributed by atoms with Crippen LogP contribution in [0.25, 0.3) is 0 Å². The number of likely N-dealkylation sites (tertiary alicyclic amines) is 1. The Balaban J connectivity index is 1.73. The SMILES string of the molecule is CN1CCC[C@H]1CNC(=O)[C@H](c1ccccc1)n1cccn1. The Labute approximate surface area is 130 Å². The number of benzene rings is 1. The maximum absolute atomic E-state index is 12.7. The van der Waals surface area contributed by atoms with Gasteiger partial charge in [0.2, 0.25) is 5.91 Å². The van der Waals surface area contributed by atoms with E-state index in [4.69, 9.17) is 0 Å². The van der Waals surface area contributed by atoms with E-state index in [1.165, 1.54) is 6.42 Å². The minimum absolute atomic E-state index is 0.00444. The number of rotatable bonds is 5. The summed E-state index contributed by atoms with van der Waals surface area (Å²) in [6.45, 7) is 1.81. The fourth-order valence-electron chi connectivity index (χ4n) is 3.05. The van der Waals surface area contributed by atoms with Gasteiger partial charge in [0.05, 0.1) is 0 Å². The van der Waals surface area contributed by atoms with Gasteiger partial charge in [-0.1, -0.05) is 30.3 Å². The summed E-state index contributed by atoms with van der Waals surface area (Å²) in [5.74, 6) is -0.00444. The lowest BCUT2D eigenvalue weighted by molar-refractivity contribution is -0.123. The predicted octanol–water partition coefficient (Wildman–Crippen LogP) is 1.68. The number of nitrogens with zero attached hydrogens (tertiary/aromatic N) is 3. The van der Waals surface area contributed by atoms with Crippen molar-refractivity contribution < 1.29 is 4.79 Å². The van der Waals surface area contributed by atoms with Crippen LogP contribution in [0.5, 0.6) is 0 Å². The first-order chi connectivity index (χ1) is 10.8. The van der Waals surface area contributed by atoms with Crippen molar-refractivity contribution in [2.75, 3.05) is 20.1 Å². The van der Waals surface area contributed by atoms with Crippen LogP contribution in [0.4, 0.5) is 0 Å². The highest BCUT2D eigenvalue weighted by molar-refractivity contribution is 5.83. The Morgan fingerprint density at radius 1 is 1.36 bits per heavy atom. The van der Waals surface area contributed by atoms with E-state index in [2.05, 4.69) is 22.4 Å². The first-order valence-electron chi connectivity index (χ1n) is 7.78. The molecule has 2 aromatic rings. The number of hydrogen-bond donors (Lipinski definition) is 1. The first-order valence-corrected chi connectivity index (χ1v) is 7.78. The van der Waals surface area contributed by atoms with Gasteiger partial charge in [-0.25, -0.2) is 0 Å². The van der Waals surface area contributed by atoms with Crippen LogP contribution in [-0.4, -0.2) is 46.8 Å². The van der Waals surface area contributed by atoms with Crippen LogP contribution in [0.1, 0.15) is 24.4 Å². The van der Waals surface area contributed by atoms with Crippen molar-refractivity contribution in [2.45, 2.75) is 24.9 Å². The summed E-state index contributed by atoms with van der Waals surface area (Å²) < 4.78 is 1.71. The van der Waals surface area contributed by atoms with E-state index >= 15 is 0 Å². The van der Waals surface area contributed by atoms with Crippen LogP contribution in [-0.2, 0) is 4.79 Å². The van der Waals surface area contributed by atoms with E-state index in [9.17, 15) is 4.79 Å². The molecule has 5 nitrogen and oxygen atoms in total. The zero-order valence-electron chi connectivity index (χ0n) is 12.9. The standard InChI is InChI=1S/C17H22N4O/c1-20-11-5-9-15(20)13-18-17(22)16(21-12-6-10-19-21)14-7-3-2-4-8-14/h2-4,6-8,10,12,15-16H,5,9,11,13H2,1H3,(H,18,22)/t15-,16-/m0/s1. The quantitative estimate of drug-likeness (QED) is 0.914. The molecule has 0 unspecified atom stereocenters. The molecule has 0 saturated carbocycles. The van der Waals surface area contributed by atoms with E-state index in [0.717, 1.165) is 18.5 Å². The smallest absolute Gasteiger partial charge is 0.249 e. The summed E-state index contributed by atoms with van der Waals surface area (Å²) in [6.07, 6.45) is 5.89. The summed E-state index contributed by atoms with van der Waals surface area (Å²) in [5, 5.41) is 7.35. The summed E-state index contributed by atoms with van der Waals surface area (Å²) >= 11 is 0. The fraction of sp³-hybridized carbons (Fsp3) is 0.412. The normalized spacial score (nSPS) is 20.0. The second-order valence-corrected chi connectivity index (χ2v) is 5.82. The highest BCUT2D eigenvalue weighted by Gasteiger charge is 2.26. The molecule has 1 fully saturated rings. The van der Waals surface area contributed by atoms with Crippen LogP contribution in [0.2, 0.25) is 0 Å². The van der Waals surface area contributed by atoms with Crippen molar-refractivity contribution in [3.63, 3.8) is 0 Å². The number of carbonyl (C=O) groups is 1. The van der Waals surface area contributed by atoms with Crippen molar-refractivity contribution >= 4 is 5.91 Å². The van der Waals surface area contributed by atoms with E-state index in [-0.39, 0.29) is 5.91 Å². The van der Waals surface area contributed by atoms with Gasteiger partial charge >= 0.3 is 0 Å². The third kappa shape index (κ3) is 3.20. The molecule has 1 amide bonds. The minimum Gasteiger partial charge on any atom is -0.352 e. The molecule has 1 aliphatic rings. The molecule has 0 radical (unpaired) electrons. The zero-order valence-corrected chi connectivity index (χ0v) is 12.9. The van der Waals surface area contributed by atoms with Crippen LogP contribution in [0, 0.1) is 0 Å². The van der Waals surface area contributed by atoms with Crippen LogP contribution in [0.3, 0.4) is 0 Å². The topological polar surface area (TPSA) is 50.2 Å². The monoisotopic (exact) mass is 298 g/mol. The first kappa shape index (κ1) is 14.8. The molecule has 1 aromatic heterocycles. The van der Waals surface area contributed by atoms with Crippen LogP contribution in [0.15, 0.2) is 48.8 Å². The number of carbonyl (C=O) groups excluding carboxylic acids is 1. The molecule has 22 heavy (non-hydrogen) atoms. The third-order valence-electron chi connectivity index (χ3n) is 4.34. The molecular formula is C17H22N4O. The molecule has 0 spiro atoms. The molecule has 1 aliphatic heterocycles. The van der Waals surface area contributed by atoms with Gasteiger partial charge in [0.15, 0.2) is 6.04 Å². The van der Waals surface area contributed by atoms with E-state index < -0.39 is 6.04 Å². The maximum Gasteiger partial charge on any atom is 0.249 e. The molecule has 1 saturated heterocycles. The highest BCUT2D eigenvalue weighted by atomic mass is 16.2. The maximum atomic E-state index is 12.7. The van der Waals surface area contributed by atoms with E-state index in [1.807, 2.05) is 42.6 Å². The van der Waals surface area contributed by atoms with E-state index in [0.29, 0.717) is 12.6 Å².